The van der Waals surface area contributed by atoms with E-state index < -0.39 is 10.1 Å². The normalized spacial score (nSPS) is 10.8. The molecule has 0 spiro atoms. The van der Waals surface area contributed by atoms with Crippen LogP contribution in [0.2, 0.25) is 0 Å². The molecule has 0 heterocycles. The molecule has 1 rings (SSSR count). The standard InChI is InChI=1S/C9H10O3S/c1-3-8-4-6-9(7-5-8)12-13(2,10)11/h3-7H,1H2,2H3. The molecule has 0 saturated carbocycles. The first-order chi connectivity index (χ1) is 6.01. The Bertz CT molecular complexity index is 389. The van der Waals surface area contributed by atoms with Gasteiger partial charge in [0.1, 0.15) is 5.75 Å². The summed E-state index contributed by atoms with van der Waals surface area (Å²) in [6, 6.07) is 6.62. The molecule has 0 aromatic heterocycles. The van der Waals surface area contributed by atoms with Crippen LogP contribution in [-0.2, 0) is 10.1 Å². The van der Waals surface area contributed by atoms with E-state index in [-0.39, 0.29) is 0 Å². The molecule has 3 nitrogen and oxygen atoms in total. The van der Waals surface area contributed by atoms with E-state index in [1.54, 1.807) is 30.3 Å². The number of benzene rings is 1. The van der Waals surface area contributed by atoms with Crippen molar-refractivity contribution in [2.45, 2.75) is 0 Å². The summed E-state index contributed by atoms with van der Waals surface area (Å²) >= 11 is 0. The van der Waals surface area contributed by atoms with Crippen LogP contribution in [0.3, 0.4) is 0 Å². The van der Waals surface area contributed by atoms with Crippen molar-refractivity contribution in [1.82, 2.24) is 0 Å². The fourth-order valence-electron chi connectivity index (χ4n) is 0.834. The van der Waals surface area contributed by atoms with Gasteiger partial charge in [0.25, 0.3) is 0 Å². The maximum atomic E-state index is 10.7. The van der Waals surface area contributed by atoms with Crippen molar-refractivity contribution in [2.24, 2.45) is 0 Å². The molecule has 1 aromatic rings. The molecule has 0 saturated heterocycles. The zero-order valence-electron chi connectivity index (χ0n) is 7.23. The zero-order chi connectivity index (χ0) is 9.90. The van der Waals surface area contributed by atoms with E-state index in [0.29, 0.717) is 5.75 Å². The minimum atomic E-state index is -3.42. The van der Waals surface area contributed by atoms with Crippen LogP contribution in [0.1, 0.15) is 5.56 Å². The summed E-state index contributed by atoms with van der Waals surface area (Å²) in [5.41, 5.74) is 0.917. The van der Waals surface area contributed by atoms with E-state index in [4.69, 9.17) is 0 Å². The van der Waals surface area contributed by atoms with E-state index >= 15 is 0 Å². The third-order valence-corrected chi connectivity index (χ3v) is 1.86. The lowest BCUT2D eigenvalue weighted by molar-refractivity contribution is 0.493. The van der Waals surface area contributed by atoms with Gasteiger partial charge in [0, 0.05) is 0 Å². The maximum absolute atomic E-state index is 10.7. The Kier molecular flexibility index (Phi) is 2.72. The molecular weight excluding hydrogens is 188 g/mol. The molecule has 13 heavy (non-hydrogen) atoms. The van der Waals surface area contributed by atoms with Gasteiger partial charge < -0.3 is 4.18 Å². The zero-order valence-corrected chi connectivity index (χ0v) is 8.04. The van der Waals surface area contributed by atoms with Gasteiger partial charge in [-0.1, -0.05) is 24.8 Å². The van der Waals surface area contributed by atoms with Crippen LogP contribution in [0, 0.1) is 0 Å². The van der Waals surface area contributed by atoms with E-state index in [0.717, 1.165) is 11.8 Å². The molecule has 0 amide bonds. The summed E-state index contributed by atoms with van der Waals surface area (Å²) in [4.78, 5) is 0. The summed E-state index contributed by atoms with van der Waals surface area (Å²) in [5, 5.41) is 0. The minimum Gasteiger partial charge on any atom is -0.383 e. The Hall–Kier alpha value is -1.29. The second kappa shape index (κ2) is 3.62. The van der Waals surface area contributed by atoms with Gasteiger partial charge in [-0.2, -0.15) is 8.42 Å². The van der Waals surface area contributed by atoms with Gasteiger partial charge in [0.2, 0.25) is 0 Å². The third-order valence-electron chi connectivity index (χ3n) is 1.36. The largest absolute Gasteiger partial charge is 0.383 e. The average Bonchev–Trinajstić information content (AvgIpc) is 2.03. The van der Waals surface area contributed by atoms with E-state index in [2.05, 4.69) is 10.8 Å². The molecule has 70 valence electrons. The molecular formula is C9H10O3S. The summed E-state index contributed by atoms with van der Waals surface area (Å²) in [7, 11) is -3.42. The Labute approximate surface area is 77.8 Å². The van der Waals surface area contributed by atoms with Crippen molar-refractivity contribution in [3.8, 4) is 5.75 Å². The predicted molar refractivity (Wildman–Crippen MR) is 52.0 cm³/mol. The monoisotopic (exact) mass is 198 g/mol. The van der Waals surface area contributed by atoms with Crippen molar-refractivity contribution >= 4 is 16.2 Å². The fourth-order valence-corrected chi connectivity index (χ4v) is 1.29. The Morgan fingerprint density at radius 3 is 2.23 bits per heavy atom. The van der Waals surface area contributed by atoms with Gasteiger partial charge in [-0.3, -0.25) is 0 Å². The molecule has 0 atom stereocenters. The molecule has 0 aliphatic carbocycles. The number of hydrogen-bond acceptors (Lipinski definition) is 3. The molecule has 0 N–H and O–H groups in total. The number of hydrogen-bond donors (Lipinski definition) is 0. The molecule has 0 aliphatic heterocycles. The second-order valence-corrected chi connectivity index (χ2v) is 4.14. The molecule has 0 unspecified atom stereocenters. The summed E-state index contributed by atoms with van der Waals surface area (Å²) in [6.07, 6.45) is 2.68. The van der Waals surface area contributed by atoms with Crippen molar-refractivity contribution in [3.63, 3.8) is 0 Å². The number of rotatable bonds is 3. The van der Waals surface area contributed by atoms with Gasteiger partial charge >= 0.3 is 10.1 Å². The van der Waals surface area contributed by atoms with E-state index in [1.165, 1.54) is 0 Å². The van der Waals surface area contributed by atoms with Crippen LogP contribution >= 0.6 is 0 Å². The highest BCUT2D eigenvalue weighted by Gasteiger charge is 2.02. The predicted octanol–water partition coefficient (Wildman–Crippen LogP) is 1.67. The maximum Gasteiger partial charge on any atom is 0.306 e. The molecule has 0 radical (unpaired) electrons. The van der Waals surface area contributed by atoms with Crippen molar-refractivity contribution in [1.29, 1.82) is 0 Å². The van der Waals surface area contributed by atoms with Crippen molar-refractivity contribution in [2.75, 3.05) is 6.26 Å². The quantitative estimate of drug-likeness (QED) is 0.694. The fraction of sp³-hybridized carbons (Fsp3) is 0.111. The Morgan fingerprint density at radius 1 is 1.31 bits per heavy atom. The van der Waals surface area contributed by atoms with E-state index in [1.807, 2.05) is 0 Å². The van der Waals surface area contributed by atoms with Crippen LogP contribution in [0.4, 0.5) is 0 Å². The van der Waals surface area contributed by atoms with Crippen molar-refractivity contribution < 1.29 is 12.6 Å². The minimum absolute atomic E-state index is 0.313. The van der Waals surface area contributed by atoms with Gasteiger partial charge in [-0.05, 0) is 17.7 Å². The summed E-state index contributed by atoms with van der Waals surface area (Å²) in [5.74, 6) is 0.313. The molecule has 0 fully saturated rings. The SMILES string of the molecule is C=Cc1ccc(OS(C)(=O)=O)cc1. The van der Waals surface area contributed by atoms with E-state index in [9.17, 15) is 8.42 Å². The first-order valence-electron chi connectivity index (χ1n) is 3.63. The first kappa shape index (κ1) is 9.80. The smallest absolute Gasteiger partial charge is 0.306 e. The molecule has 0 aliphatic rings. The molecule has 0 bridgehead atoms. The molecule has 1 aromatic carbocycles. The highest BCUT2D eigenvalue weighted by Crippen LogP contribution is 2.14. The lowest BCUT2D eigenvalue weighted by Gasteiger charge is -2.01. The van der Waals surface area contributed by atoms with Gasteiger partial charge in [0.15, 0.2) is 0 Å². The van der Waals surface area contributed by atoms with Crippen LogP contribution in [0.25, 0.3) is 6.08 Å². The van der Waals surface area contributed by atoms with Crippen LogP contribution < -0.4 is 4.18 Å². The van der Waals surface area contributed by atoms with Crippen LogP contribution in [0.15, 0.2) is 30.8 Å². The van der Waals surface area contributed by atoms with Crippen LogP contribution in [0.5, 0.6) is 5.75 Å². The third kappa shape index (κ3) is 3.29. The Morgan fingerprint density at radius 2 is 1.85 bits per heavy atom. The van der Waals surface area contributed by atoms with Crippen molar-refractivity contribution in [3.05, 3.63) is 36.4 Å². The van der Waals surface area contributed by atoms with Crippen LogP contribution in [-0.4, -0.2) is 14.7 Å². The lowest BCUT2D eigenvalue weighted by atomic mass is 10.2. The Balaban J connectivity index is 2.87. The highest BCUT2D eigenvalue weighted by molar-refractivity contribution is 7.86. The van der Waals surface area contributed by atoms with Gasteiger partial charge in [-0.15, -0.1) is 0 Å². The highest BCUT2D eigenvalue weighted by atomic mass is 32.2. The topological polar surface area (TPSA) is 43.4 Å². The molecule has 4 heteroatoms. The van der Waals surface area contributed by atoms with Gasteiger partial charge in [-0.25, -0.2) is 0 Å². The lowest BCUT2D eigenvalue weighted by Crippen LogP contribution is -2.05. The average molecular weight is 198 g/mol. The first-order valence-corrected chi connectivity index (χ1v) is 5.45. The summed E-state index contributed by atoms with van der Waals surface area (Å²) < 4.78 is 26.1. The van der Waals surface area contributed by atoms with Gasteiger partial charge in [0.05, 0.1) is 6.26 Å². The summed E-state index contributed by atoms with van der Waals surface area (Å²) in [6.45, 7) is 3.58. The second-order valence-electron chi connectivity index (χ2n) is 2.56.